The molecule has 1 saturated heterocycles. The quantitative estimate of drug-likeness (QED) is 0.363. The highest BCUT2D eigenvalue weighted by Gasteiger charge is 2.13. The molecule has 0 saturated carbocycles. The highest BCUT2D eigenvalue weighted by molar-refractivity contribution is 5.74. The SMILES string of the molecule is Cc1c(OCCCNC[C@H](O)CO)cccc1-c1cccc(OCCCN2CCCCC2)c1C. The molecule has 1 atom stereocenters. The molecular weight excluding hydrogens is 428 g/mol. The normalized spacial score (nSPS) is 15.3. The van der Waals surface area contributed by atoms with Crippen LogP contribution in [0.25, 0.3) is 11.1 Å². The molecule has 0 radical (unpaired) electrons. The zero-order valence-electron chi connectivity index (χ0n) is 20.9. The Balaban J connectivity index is 1.53. The predicted molar refractivity (Wildman–Crippen MR) is 138 cm³/mol. The molecule has 0 aromatic heterocycles. The second-order valence-electron chi connectivity index (χ2n) is 9.20. The first-order valence-electron chi connectivity index (χ1n) is 12.8. The van der Waals surface area contributed by atoms with Crippen LogP contribution in [0.3, 0.4) is 0 Å². The monoisotopic (exact) mass is 470 g/mol. The summed E-state index contributed by atoms with van der Waals surface area (Å²) in [5.74, 6) is 1.85. The summed E-state index contributed by atoms with van der Waals surface area (Å²) in [6.07, 6.45) is 5.20. The smallest absolute Gasteiger partial charge is 0.122 e. The molecule has 3 N–H and O–H groups in total. The number of piperidine rings is 1. The van der Waals surface area contributed by atoms with Gasteiger partial charge in [-0.05, 0) is 93.6 Å². The summed E-state index contributed by atoms with van der Waals surface area (Å²) in [5, 5.41) is 21.3. The Morgan fingerprint density at radius 3 is 2.06 bits per heavy atom. The van der Waals surface area contributed by atoms with Crippen molar-refractivity contribution in [1.29, 1.82) is 0 Å². The second-order valence-corrected chi connectivity index (χ2v) is 9.20. The minimum absolute atomic E-state index is 0.222. The molecule has 0 spiro atoms. The molecule has 1 aliphatic heterocycles. The Labute approximate surface area is 204 Å². The largest absolute Gasteiger partial charge is 0.493 e. The van der Waals surface area contributed by atoms with Gasteiger partial charge in [-0.2, -0.15) is 0 Å². The summed E-state index contributed by atoms with van der Waals surface area (Å²) in [6.45, 7) is 10.0. The van der Waals surface area contributed by atoms with Crippen LogP contribution in [0.5, 0.6) is 11.5 Å². The maximum Gasteiger partial charge on any atom is 0.122 e. The van der Waals surface area contributed by atoms with Gasteiger partial charge in [0.15, 0.2) is 0 Å². The molecule has 3 rings (SSSR count). The third-order valence-electron chi connectivity index (χ3n) is 6.53. The highest BCUT2D eigenvalue weighted by atomic mass is 16.5. The number of nitrogens with one attached hydrogen (secondary N) is 1. The molecule has 0 aliphatic carbocycles. The number of ether oxygens (including phenoxy) is 2. The van der Waals surface area contributed by atoms with Gasteiger partial charge in [0.1, 0.15) is 11.5 Å². The molecule has 0 unspecified atom stereocenters. The number of benzene rings is 2. The Kier molecular flexibility index (Phi) is 11.2. The lowest BCUT2D eigenvalue weighted by atomic mass is 9.95. The molecule has 6 nitrogen and oxygen atoms in total. The van der Waals surface area contributed by atoms with E-state index in [2.05, 4.69) is 48.3 Å². The fourth-order valence-electron chi connectivity index (χ4n) is 4.49. The minimum Gasteiger partial charge on any atom is -0.493 e. The molecule has 1 aliphatic rings. The van der Waals surface area contributed by atoms with Crippen LogP contribution in [0.15, 0.2) is 36.4 Å². The summed E-state index contributed by atoms with van der Waals surface area (Å²) < 4.78 is 12.2. The average molecular weight is 471 g/mol. The van der Waals surface area contributed by atoms with Crippen LogP contribution in [-0.4, -0.2) is 73.8 Å². The third kappa shape index (κ3) is 7.98. The van der Waals surface area contributed by atoms with Crippen LogP contribution >= 0.6 is 0 Å². The van der Waals surface area contributed by atoms with Crippen LogP contribution in [0.2, 0.25) is 0 Å². The molecule has 0 bridgehead atoms. The standard InChI is InChI=1S/C28H42N2O4/c1-22-25(10-6-12-27(22)33-18-8-14-29-20-24(32)21-31)26-11-7-13-28(23(26)2)34-19-9-17-30-15-4-3-5-16-30/h6-7,10-13,24,29,31-32H,3-5,8-9,14-21H2,1-2H3/t24-/m0/s1. The van der Waals surface area contributed by atoms with E-state index in [1.807, 2.05) is 12.1 Å². The van der Waals surface area contributed by atoms with E-state index in [-0.39, 0.29) is 6.61 Å². The van der Waals surface area contributed by atoms with E-state index in [1.54, 1.807) is 0 Å². The van der Waals surface area contributed by atoms with E-state index in [9.17, 15) is 5.11 Å². The lowest BCUT2D eigenvalue weighted by molar-refractivity contribution is 0.0942. The molecule has 2 aromatic rings. The van der Waals surface area contributed by atoms with Gasteiger partial charge in [0.25, 0.3) is 0 Å². The van der Waals surface area contributed by atoms with E-state index in [0.29, 0.717) is 13.2 Å². The number of aliphatic hydroxyl groups is 2. The van der Waals surface area contributed by atoms with Gasteiger partial charge in [-0.3, -0.25) is 0 Å². The zero-order valence-corrected chi connectivity index (χ0v) is 20.9. The van der Waals surface area contributed by atoms with Crippen molar-refractivity contribution in [1.82, 2.24) is 10.2 Å². The zero-order chi connectivity index (χ0) is 24.2. The van der Waals surface area contributed by atoms with E-state index in [4.69, 9.17) is 14.6 Å². The van der Waals surface area contributed by atoms with Crippen LogP contribution in [0.1, 0.15) is 43.2 Å². The summed E-state index contributed by atoms with van der Waals surface area (Å²) in [5.41, 5.74) is 4.62. The first kappa shape index (κ1) is 26.5. The van der Waals surface area contributed by atoms with E-state index >= 15 is 0 Å². The summed E-state index contributed by atoms with van der Waals surface area (Å²) in [7, 11) is 0. The van der Waals surface area contributed by atoms with Crippen molar-refractivity contribution in [2.75, 3.05) is 52.5 Å². The maximum absolute atomic E-state index is 9.37. The molecule has 188 valence electrons. The molecule has 34 heavy (non-hydrogen) atoms. The van der Waals surface area contributed by atoms with Gasteiger partial charge in [0.2, 0.25) is 0 Å². The molecule has 2 aromatic carbocycles. The van der Waals surface area contributed by atoms with Gasteiger partial charge in [-0.25, -0.2) is 0 Å². The van der Waals surface area contributed by atoms with Crippen molar-refractivity contribution in [3.8, 4) is 22.6 Å². The first-order valence-corrected chi connectivity index (χ1v) is 12.8. The van der Waals surface area contributed by atoms with Gasteiger partial charge >= 0.3 is 0 Å². The topological polar surface area (TPSA) is 74.2 Å². The van der Waals surface area contributed by atoms with Gasteiger partial charge in [-0.1, -0.05) is 30.7 Å². The summed E-state index contributed by atoms with van der Waals surface area (Å²) in [6, 6.07) is 12.5. The Morgan fingerprint density at radius 2 is 1.47 bits per heavy atom. The Hall–Kier alpha value is -2.12. The highest BCUT2D eigenvalue weighted by Crippen LogP contribution is 2.35. The van der Waals surface area contributed by atoms with Crippen molar-refractivity contribution in [3.63, 3.8) is 0 Å². The fraction of sp³-hybridized carbons (Fsp3) is 0.571. The number of hydrogen-bond donors (Lipinski definition) is 3. The van der Waals surface area contributed by atoms with Crippen LogP contribution in [0, 0.1) is 13.8 Å². The lowest BCUT2D eigenvalue weighted by Gasteiger charge is -2.26. The second kappa shape index (κ2) is 14.3. The van der Waals surface area contributed by atoms with Gasteiger partial charge in [0, 0.05) is 13.1 Å². The minimum atomic E-state index is -0.711. The molecule has 0 amide bonds. The first-order chi connectivity index (χ1) is 16.6. The number of aliphatic hydroxyl groups excluding tert-OH is 2. The molecule has 1 fully saturated rings. The number of nitrogens with zero attached hydrogens (tertiary/aromatic N) is 1. The predicted octanol–water partition coefficient (Wildman–Crippen LogP) is 3.94. The fourth-order valence-corrected chi connectivity index (χ4v) is 4.49. The van der Waals surface area contributed by atoms with Gasteiger partial charge in [0.05, 0.1) is 25.9 Å². The molecule has 6 heteroatoms. The van der Waals surface area contributed by atoms with Crippen LogP contribution < -0.4 is 14.8 Å². The van der Waals surface area contributed by atoms with E-state index in [1.165, 1.54) is 37.9 Å². The summed E-state index contributed by atoms with van der Waals surface area (Å²) in [4.78, 5) is 2.56. The van der Waals surface area contributed by atoms with Gasteiger partial charge < -0.3 is 29.9 Å². The van der Waals surface area contributed by atoms with Crippen LogP contribution in [-0.2, 0) is 0 Å². The van der Waals surface area contributed by atoms with Crippen molar-refractivity contribution in [2.24, 2.45) is 0 Å². The van der Waals surface area contributed by atoms with E-state index in [0.717, 1.165) is 60.7 Å². The molecule has 1 heterocycles. The third-order valence-corrected chi connectivity index (χ3v) is 6.53. The summed E-state index contributed by atoms with van der Waals surface area (Å²) >= 11 is 0. The van der Waals surface area contributed by atoms with Crippen molar-refractivity contribution < 1.29 is 19.7 Å². The average Bonchev–Trinajstić information content (AvgIpc) is 2.86. The number of rotatable bonds is 14. The lowest BCUT2D eigenvalue weighted by Crippen LogP contribution is -2.31. The Bertz CT molecular complexity index is 867. The van der Waals surface area contributed by atoms with Crippen molar-refractivity contribution >= 4 is 0 Å². The van der Waals surface area contributed by atoms with Crippen LogP contribution in [0.4, 0.5) is 0 Å². The Morgan fingerprint density at radius 1 is 0.882 bits per heavy atom. The number of likely N-dealkylation sites (tertiary alicyclic amines) is 1. The van der Waals surface area contributed by atoms with Crippen molar-refractivity contribution in [2.45, 2.75) is 52.1 Å². The number of hydrogen-bond acceptors (Lipinski definition) is 6. The van der Waals surface area contributed by atoms with E-state index < -0.39 is 6.10 Å². The van der Waals surface area contributed by atoms with Gasteiger partial charge in [-0.15, -0.1) is 0 Å². The molecular formula is C28H42N2O4. The maximum atomic E-state index is 9.37. The van der Waals surface area contributed by atoms with Crippen molar-refractivity contribution in [3.05, 3.63) is 47.5 Å².